The zero-order valence-electron chi connectivity index (χ0n) is 15.6. The minimum atomic E-state index is -4.37. The Hall–Kier alpha value is -2.94. The van der Waals surface area contributed by atoms with E-state index in [1.54, 1.807) is 4.57 Å². The van der Waals surface area contributed by atoms with Gasteiger partial charge in [0.25, 0.3) is 0 Å². The fourth-order valence-corrected chi connectivity index (χ4v) is 2.99. The predicted molar refractivity (Wildman–Crippen MR) is 105 cm³/mol. The van der Waals surface area contributed by atoms with Gasteiger partial charge in [-0.3, -0.25) is 14.5 Å². The Morgan fingerprint density at radius 1 is 1.14 bits per heavy atom. The van der Waals surface area contributed by atoms with E-state index in [-0.39, 0.29) is 18.9 Å². The highest BCUT2D eigenvalue weighted by Crippen LogP contribution is 2.29. The molecule has 0 saturated heterocycles. The highest BCUT2D eigenvalue weighted by molar-refractivity contribution is 7.71. The van der Waals surface area contributed by atoms with Crippen molar-refractivity contribution in [3.63, 3.8) is 0 Å². The Labute approximate surface area is 170 Å². The second-order valence-corrected chi connectivity index (χ2v) is 6.98. The van der Waals surface area contributed by atoms with E-state index in [1.165, 1.54) is 12.1 Å². The average Bonchev–Trinajstić information content (AvgIpc) is 3.05. The van der Waals surface area contributed by atoms with E-state index in [1.807, 2.05) is 31.2 Å². The number of hydrogen-bond donors (Lipinski definition) is 2. The van der Waals surface area contributed by atoms with Crippen LogP contribution in [-0.4, -0.2) is 20.7 Å². The van der Waals surface area contributed by atoms with Gasteiger partial charge < -0.3 is 5.32 Å². The maximum atomic E-state index is 12.6. The van der Waals surface area contributed by atoms with E-state index >= 15 is 0 Å². The lowest BCUT2D eigenvalue weighted by atomic mass is 10.1. The van der Waals surface area contributed by atoms with Crippen LogP contribution < -0.4 is 5.32 Å². The number of amides is 1. The third-order valence-electron chi connectivity index (χ3n) is 4.40. The normalized spacial score (nSPS) is 11.4. The van der Waals surface area contributed by atoms with Crippen molar-refractivity contribution >= 4 is 18.1 Å². The third kappa shape index (κ3) is 5.32. The molecule has 0 aliphatic heterocycles. The van der Waals surface area contributed by atoms with Gasteiger partial charge in [-0.15, -0.1) is 0 Å². The fraction of sp³-hybridized carbons (Fsp3) is 0.250. The number of aryl methyl sites for hydroxylation is 1. The lowest BCUT2D eigenvalue weighted by Gasteiger charge is -2.10. The number of halogens is 3. The number of aromatic nitrogens is 3. The van der Waals surface area contributed by atoms with Crippen molar-refractivity contribution in [2.45, 2.75) is 32.6 Å². The van der Waals surface area contributed by atoms with Gasteiger partial charge in [-0.25, -0.2) is 0 Å². The zero-order valence-corrected chi connectivity index (χ0v) is 16.4. The standard InChI is InChI=1S/C20H19F3N4OS/c1-13-2-6-15(7-3-13)18-25-26-19(29)27(18)11-10-17(28)24-12-14-4-8-16(9-5-14)20(21,22)23/h2-9H,10-12H2,1H3,(H,24,28)(H,26,29). The zero-order chi connectivity index (χ0) is 21.0. The molecule has 0 aliphatic rings. The molecule has 0 radical (unpaired) electrons. The van der Waals surface area contributed by atoms with Gasteiger partial charge in [0.15, 0.2) is 10.6 Å². The maximum absolute atomic E-state index is 12.6. The van der Waals surface area contributed by atoms with Crippen molar-refractivity contribution in [3.8, 4) is 11.4 Å². The van der Waals surface area contributed by atoms with E-state index in [9.17, 15) is 18.0 Å². The summed E-state index contributed by atoms with van der Waals surface area (Å²) in [6, 6.07) is 12.5. The Morgan fingerprint density at radius 2 is 1.79 bits per heavy atom. The number of nitrogens with one attached hydrogen (secondary N) is 2. The van der Waals surface area contributed by atoms with Gasteiger partial charge in [-0.2, -0.15) is 18.3 Å². The first-order valence-electron chi connectivity index (χ1n) is 8.89. The van der Waals surface area contributed by atoms with Gasteiger partial charge in [-0.1, -0.05) is 42.0 Å². The molecule has 1 heterocycles. The topological polar surface area (TPSA) is 62.7 Å². The summed E-state index contributed by atoms with van der Waals surface area (Å²) in [4.78, 5) is 12.2. The van der Waals surface area contributed by atoms with Crippen LogP contribution in [0.2, 0.25) is 0 Å². The van der Waals surface area contributed by atoms with Crippen molar-refractivity contribution in [2.75, 3.05) is 0 Å². The molecule has 0 saturated carbocycles. The second-order valence-electron chi connectivity index (χ2n) is 6.59. The van der Waals surface area contributed by atoms with Crippen LogP contribution in [0.5, 0.6) is 0 Å². The molecular weight excluding hydrogens is 401 g/mol. The van der Waals surface area contributed by atoms with Gasteiger partial charge in [0.2, 0.25) is 5.91 Å². The number of carbonyl (C=O) groups is 1. The molecule has 0 bridgehead atoms. The number of rotatable bonds is 6. The molecule has 29 heavy (non-hydrogen) atoms. The summed E-state index contributed by atoms with van der Waals surface area (Å²) in [6.07, 6.45) is -4.21. The first-order chi connectivity index (χ1) is 13.7. The van der Waals surface area contributed by atoms with Crippen LogP contribution in [0, 0.1) is 11.7 Å². The van der Waals surface area contributed by atoms with Gasteiger partial charge >= 0.3 is 6.18 Å². The van der Waals surface area contributed by atoms with E-state index in [4.69, 9.17) is 12.2 Å². The fourth-order valence-electron chi connectivity index (χ4n) is 2.76. The third-order valence-corrected chi connectivity index (χ3v) is 4.71. The smallest absolute Gasteiger partial charge is 0.352 e. The molecule has 5 nitrogen and oxygen atoms in total. The minimum absolute atomic E-state index is 0.151. The minimum Gasteiger partial charge on any atom is -0.352 e. The number of aromatic amines is 1. The summed E-state index contributed by atoms with van der Waals surface area (Å²) in [5.41, 5.74) is 1.88. The van der Waals surface area contributed by atoms with Crippen LogP contribution in [0.25, 0.3) is 11.4 Å². The number of carbonyl (C=O) groups excluding carboxylic acids is 1. The summed E-state index contributed by atoms with van der Waals surface area (Å²) in [7, 11) is 0. The van der Waals surface area contributed by atoms with Crippen LogP contribution in [0.4, 0.5) is 13.2 Å². The Balaban J connectivity index is 1.58. The summed E-state index contributed by atoms with van der Waals surface area (Å²) in [5.74, 6) is 0.411. The summed E-state index contributed by atoms with van der Waals surface area (Å²) >= 11 is 5.26. The number of nitrogens with zero attached hydrogens (tertiary/aromatic N) is 2. The van der Waals surface area contributed by atoms with E-state index in [0.717, 1.165) is 23.3 Å². The van der Waals surface area contributed by atoms with Crippen molar-refractivity contribution in [1.29, 1.82) is 0 Å². The van der Waals surface area contributed by atoms with Crippen LogP contribution in [-0.2, 0) is 24.1 Å². The molecular formula is C20H19F3N4OS. The Bertz CT molecular complexity index is 1040. The molecule has 2 aromatic carbocycles. The summed E-state index contributed by atoms with van der Waals surface area (Å²) < 4.78 is 39.9. The SMILES string of the molecule is Cc1ccc(-c2n[nH]c(=S)n2CCC(=O)NCc2ccc(C(F)(F)F)cc2)cc1. The van der Waals surface area contributed by atoms with Crippen LogP contribution in [0.15, 0.2) is 48.5 Å². The van der Waals surface area contributed by atoms with Crippen LogP contribution in [0.1, 0.15) is 23.1 Å². The molecule has 3 rings (SSSR count). The molecule has 9 heteroatoms. The van der Waals surface area contributed by atoms with Crippen molar-refractivity contribution in [1.82, 2.24) is 20.1 Å². The Kier molecular flexibility index (Phi) is 6.17. The summed E-state index contributed by atoms with van der Waals surface area (Å²) in [5, 5.41) is 9.69. The molecule has 1 amide bonds. The van der Waals surface area contributed by atoms with Crippen LogP contribution >= 0.6 is 12.2 Å². The first-order valence-corrected chi connectivity index (χ1v) is 9.30. The van der Waals surface area contributed by atoms with E-state index < -0.39 is 11.7 Å². The second kappa shape index (κ2) is 8.60. The van der Waals surface area contributed by atoms with Crippen molar-refractivity contribution in [2.24, 2.45) is 0 Å². The molecule has 0 unspecified atom stereocenters. The van der Waals surface area contributed by atoms with Gasteiger partial charge in [0, 0.05) is 25.1 Å². The molecule has 0 fully saturated rings. The number of alkyl halides is 3. The molecule has 0 spiro atoms. The average molecular weight is 420 g/mol. The quantitative estimate of drug-likeness (QED) is 0.571. The number of benzene rings is 2. The first kappa shape index (κ1) is 20.8. The largest absolute Gasteiger partial charge is 0.416 e. The lowest BCUT2D eigenvalue weighted by Crippen LogP contribution is -2.24. The predicted octanol–water partition coefficient (Wildman–Crippen LogP) is 4.64. The Morgan fingerprint density at radius 3 is 2.41 bits per heavy atom. The molecule has 3 aromatic rings. The number of hydrogen-bond acceptors (Lipinski definition) is 3. The van der Waals surface area contributed by atoms with Crippen molar-refractivity contribution < 1.29 is 18.0 Å². The molecule has 0 atom stereocenters. The molecule has 2 N–H and O–H groups in total. The van der Waals surface area contributed by atoms with Gasteiger partial charge in [-0.05, 0) is 36.8 Å². The molecule has 1 aromatic heterocycles. The van der Waals surface area contributed by atoms with E-state index in [2.05, 4.69) is 15.5 Å². The highest BCUT2D eigenvalue weighted by Gasteiger charge is 2.29. The van der Waals surface area contributed by atoms with Gasteiger partial charge in [0.1, 0.15) is 0 Å². The summed E-state index contributed by atoms with van der Waals surface area (Å²) in [6.45, 7) is 2.47. The molecule has 152 valence electrons. The monoisotopic (exact) mass is 420 g/mol. The van der Waals surface area contributed by atoms with E-state index in [0.29, 0.717) is 22.7 Å². The van der Waals surface area contributed by atoms with Gasteiger partial charge in [0.05, 0.1) is 5.56 Å². The molecule has 0 aliphatic carbocycles. The van der Waals surface area contributed by atoms with Crippen molar-refractivity contribution in [3.05, 3.63) is 70.0 Å². The highest BCUT2D eigenvalue weighted by atomic mass is 32.1. The lowest BCUT2D eigenvalue weighted by molar-refractivity contribution is -0.137. The van der Waals surface area contributed by atoms with Crippen LogP contribution in [0.3, 0.4) is 0 Å². The maximum Gasteiger partial charge on any atom is 0.416 e. The number of H-pyrrole nitrogens is 1.